The molecule has 6 heteroatoms. The topological polar surface area (TPSA) is 71.3 Å². The molecule has 0 bridgehead atoms. The van der Waals surface area contributed by atoms with Gasteiger partial charge in [0.25, 0.3) is 11.6 Å². The molecule has 0 unspecified atom stereocenters. The number of hydrogen-bond donors (Lipinski definition) is 1. The second-order valence-electron chi connectivity index (χ2n) is 7.10. The van der Waals surface area contributed by atoms with Crippen LogP contribution in [0.3, 0.4) is 0 Å². The van der Waals surface area contributed by atoms with E-state index >= 15 is 0 Å². The molecular weight excluding hydrogens is 340 g/mol. The van der Waals surface area contributed by atoms with Gasteiger partial charge in [0.1, 0.15) is 0 Å². The maximum atomic E-state index is 12.7. The van der Waals surface area contributed by atoms with E-state index in [1.165, 1.54) is 12.8 Å². The number of aryl methyl sites for hydroxylation is 1. The summed E-state index contributed by atoms with van der Waals surface area (Å²) < 4.78 is 5.14. The van der Waals surface area contributed by atoms with Crippen LogP contribution in [-0.2, 0) is 6.54 Å². The Kier molecular flexibility index (Phi) is 5.05. The molecule has 140 valence electrons. The lowest BCUT2D eigenvalue weighted by atomic mass is 10.1. The van der Waals surface area contributed by atoms with Crippen LogP contribution >= 0.6 is 0 Å². The van der Waals surface area contributed by atoms with Gasteiger partial charge in [0.05, 0.1) is 11.1 Å². The van der Waals surface area contributed by atoms with Gasteiger partial charge in [0.15, 0.2) is 0 Å². The number of benzene rings is 1. The van der Waals surface area contributed by atoms with Gasteiger partial charge < -0.3 is 14.7 Å². The Labute approximate surface area is 158 Å². The fourth-order valence-corrected chi connectivity index (χ4v) is 3.48. The molecule has 1 aromatic carbocycles. The summed E-state index contributed by atoms with van der Waals surface area (Å²) in [5.41, 5.74) is 4.19. The molecule has 1 amide bonds. The lowest BCUT2D eigenvalue weighted by Crippen LogP contribution is -2.31. The summed E-state index contributed by atoms with van der Waals surface area (Å²) in [6.45, 7) is 4.30. The molecule has 1 aliphatic rings. The second-order valence-corrected chi connectivity index (χ2v) is 7.10. The summed E-state index contributed by atoms with van der Waals surface area (Å²) in [5, 5.41) is 8.25. The Hall–Kier alpha value is -2.89. The van der Waals surface area contributed by atoms with Crippen molar-refractivity contribution in [2.24, 2.45) is 0 Å². The van der Waals surface area contributed by atoms with E-state index in [1.807, 2.05) is 42.2 Å². The predicted octanol–water partition coefficient (Wildman–Crippen LogP) is 4.16. The third-order valence-corrected chi connectivity index (χ3v) is 5.09. The highest BCUT2D eigenvalue weighted by Gasteiger charge is 2.17. The smallest absolute Gasteiger partial charge is 0.257 e. The van der Waals surface area contributed by atoms with Crippen LogP contribution in [0.25, 0.3) is 11.1 Å². The highest BCUT2D eigenvalue weighted by atomic mass is 16.5. The van der Waals surface area contributed by atoms with Crippen LogP contribution in [0, 0.1) is 6.92 Å². The van der Waals surface area contributed by atoms with Gasteiger partial charge >= 0.3 is 0 Å². The van der Waals surface area contributed by atoms with Crippen molar-refractivity contribution in [3.8, 4) is 0 Å². The van der Waals surface area contributed by atoms with E-state index in [9.17, 15) is 4.79 Å². The molecule has 6 nitrogen and oxygen atoms in total. The zero-order chi connectivity index (χ0) is 18.6. The third-order valence-electron chi connectivity index (χ3n) is 5.09. The van der Waals surface area contributed by atoms with E-state index < -0.39 is 0 Å². The molecule has 0 spiro atoms. The molecule has 2 aromatic heterocycles. The summed E-state index contributed by atoms with van der Waals surface area (Å²) in [7, 11) is 0. The first-order valence-corrected chi connectivity index (χ1v) is 9.55. The molecule has 1 N–H and O–H groups in total. The van der Waals surface area contributed by atoms with Crippen molar-refractivity contribution in [1.82, 2.24) is 15.0 Å². The average molecular weight is 364 g/mol. The fraction of sp³-hybridized carbons (Fsp3) is 0.381. The Bertz CT molecular complexity index is 925. The molecule has 1 saturated heterocycles. The van der Waals surface area contributed by atoms with Gasteiger partial charge in [-0.15, -0.1) is 0 Å². The monoisotopic (exact) mass is 364 g/mol. The Morgan fingerprint density at radius 1 is 1.15 bits per heavy atom. The standard InChI is InChI=1S/C21H24N4O2/c1-15-19-12-16(14-23-20(19)27-24-15)13-22-18-8-6-17(7-9-18)21(26)25-10-4-2-3-5-11-25/h6-9,12,14,22H,2-5,10-11,13H2,1H3. The number of carbonyl (C=O) groups is 1. The van der Waals surface area contributed by atoms with Crippen molar-refractivity contribution >= 4 is 22.7 Å². The zero-order valence-corrected chi connectivity index (χ0v) is 15.6. The van der Waals surface area contributed by atoms with Crippen molar-refractivity contribution in [1.29, 1.82) is 0 Å². The normalized spacial score (nSPS) is 14.9. The molecule has 3 heterocycles. The molecule has 0 saturated carbocycles. The van der Waals surface area contributed by atoms with Gasteiger partial charge in [0, 0.05) is 37.1 Å². The highest BCUT2D eigenvalue weighted by Crippen LogP contribution is 2.19. The average Bonchev–Trinajstić information content (AvgIpc) is 2.90. The van der Waals surface area contributed by atoms with Gasteiger partial charge in [-0.05, 0) is 55.7 Å². The SMILES string of the molecule is Cc1noc2ncc(CNc3ccc(C(=O)N4CCCCCC4)cc3)cc12. The molecular formula is C21H24N4O2. The first-order chi connectivity index (χ1) is 13.2. The van der Waals surface area contributed by atoms with Crippen LogP contribution < -0.4 is 5.32 Å². The van der Waals surface area contributed by atoms with Gasteiger partial charge in [-0.1, -0.05) is 18.0 Å². The second kappa shape index (κ2) is 7.78. The van der Waals surface area contributed by atoms with Gasteiger partial charge in [0.2, 0.25) is 0 Å². The van der Waals surface area contributed by atoms with E-state index in [4.69, 9.17) is 4.52 Å². The summed E-state index contributed by atoms with van der Waals surface area (Å²) in [6, 6.07) is 9.77. The van der Waals surface area contributed by atoms with Crippen LogP contribution in [0.2, 0.25) is 0 Å². The van der Waals surface area contributed by atoms with E-state index in [1.54, 1.807) is 6.20 Å². The number of nitrogens with zero attached hydrogens (tertiary/aromatic N) is 3. The molecule has 4 rings (SSSR count). The molecule has 27 heavy (non-hydrogen) atoms. The van der Waals surface area contributed by atoms with Crippen LogP contribution in [-0.4, -0.2) is 34.0 Å². The Morgan fingerprint density at radius 3 is 2.63 bits per heavy atom. The number of aromatic nitrogens is 2. The van der Waals surface area contributed by atoms with Crippen molar-refractivity contribution < 1.29 is 9.32 Å². The summed E-state index contributed by atoms with van der Waals surface area (Å²) in [6.07, 6.45) is 6.45. The summed E-state index contributed by atoms with van der Waals surface area (Å²) in [4.78, 5) is 18.9. The number of pyridine rings is 1. The zero-order valence-electron chi connectivity index (χ0n) is 15.6. The minimum Gasteiger partial charge on any atom is -0.381 e. The summed E-state index contributed by atoms with van der Waals surface area (Å²) in [5.74, 6) is 0.140. The minimum atomic E-state index is 0.140. The number of amides is 1. The molecule has 3 aromatic rings. The van der Waals surface area contributed by atoms with Gasteiger partial charge in [-0.25, -0.2) is 4.98 Å². The van der Waals surface area contributed by atoms with Crippen LogP contribution in [0.4, 0.5) is 5.69 Å². The molecule has 1 aliphatic heterocycles. The Morgan fingerprint density at radius 2 is 1.89 bits per heavy atom. The van der Waals surface area contributed by atoms with Crippen LogP contribution in [0.5, 0.6) is 0 Å². The Balaban J connectivity index is 1.39. The molecule has 0 aliphatic carbocycles. The number of likely N-dealkylation sites (tertiary alicyclic amines) is 1. The van der Waals surface area contributed by atoms with Crippen molar-refractivity contribution in [3.05, 3.63) is 53.3 Å². The number of rotatable bonds is 4. The van der Waals surface area contributed by atoms with E-state index in [-0.39, 0.29) is 5.91 Å². The number of fused-ring (bicyclic) bond motifs is 1. The lowest BCUT2D eigenvalue weighted by Gasteiger charge is -2.20. The largest absolute Gasteiger partial charge is 0.381 e. The first-order valence-electron chi connectivity index (χ1n) is 9.55. The van der Waals surface area contributed by atoms with Crippen LogP contribution in [0.15, 0.2) is 41.1 Å². The minimum absolute atomic E-state index is 0.140. The first kappa shape index (κ1) is 17.5. The lowest BCUT2D eigenvalue weighted by molar-refractivity contribution is 0.0761. The number of hydrogen-bond acceptors (Lipinski definition) is 5. The third kappa shape index (κ3) is 3.94. The van der Waals surface area contributed by atoms with Crippen molar-refractivity contribution in [2.45, 2.75) is 39.2 Å². The molecule has 0 radical (unpaired) electrons. The quantitative estimate of drug-likeness (QED) is 0.753. The maximum absolute atomic E-state index is 12.7. The fourth-order valence-electron chi connectivity index (χ4n) is 3.48. The van der Waals surface area contributed by atoms with E-state index in [0.717, 1.165) is 53.8 Å². The van der Waals surface area contributed by atoms with Crippen molar-refractivity contribution in [2.75, 3.05) is 18.4 Å². The number of nitrogens with one attached hydrogen (secondary N) is 1. The maximum Gasteiger partial charge on any atom is 0.257 e. The highest BCUT2D eigenvalue weighted by molar-refractivity contribution is 5.94. The van der Waals surface area contributed by atoms with Gasteiger partial charge in [-0.3, -0.25) is 4.79 Å². The van der Waals surface area contributed by atoms with Gasteiger partial charge in [-0.2, -0.15) is 0 Å². The van der Waals surface area contributed by atoms with E-state index in [0.29, 0.717) is 12.3 Å². The molecule has 1 fully saturated rings. The van der Waals surface area contributed by atoms with E-state index in [2.05, 4.69) is 15.5 Å². The molecule has 0 atom stereocenters. The van der Waals surface area contributed by atoms with Crippen molar-refractivity contribution in [3.63, 3.8) is 0 Å². The predicted molar refractivity (Wildman–Crippen MR) is 105 cm³/mol. The summed E-state index contributed by atoms with van der Waals surface area (Å²) >= 11 is 0. The number of anilines is 1. The van der Waals surface area contributed by atoms with Crippen LogP contribution in [0.1, 0.15) is 47.3 Å². The number of carbonyl (C=O) groups excluding carboxylic acids is 1.